The number of nitrogens with one attached hydrogen (secondary N) is 1. The minimum Gasteiger partial charge on any atom is -0.467 e. The van der Waals surface area contributed by atoms with Gasteiger partial charge in [-0.3, -0.25) is 9.59 Å². The van der Waals surface area contributed by atoms with Gasteiger partial charge in [0.15, 0.2) is 5.43 Å². The van der Waals surface area contributed by atoms with E-state index in [1.165, 1.54) is 18.4 Å². The van der Waals surface area contributed by atoms with Crippen molar-refractivity contribution in [1.29, 1.82) is 0 Å². The van der Waals surface area contributed by atoms with Crippen molar-refractivity contribution in [3.63, 3.8) is 0 Å². The van der Waals surface area contributed by atoms with Crippen LogP contribution in [0, 0.1) is 11.8 Å². The number of hydrogen-bond donors (Lipinski definition) is 1. The van der Waals surface area contributed by atoms with Gasteiger partial charge >= 0.3 is 6.18 Å². The van der Waals surface area contributed by atoms with Gasteiger partial charge in [-0.2, -0.15) is 13.2 Å². The Labute approximate surface area is 200 Å². The minimum absolute atomic E-state index is 0.163. The summed E-state index contributed by atoms with van der Waals surface area (Å²) in [7, 11) is 0. The van der Waals surface area contributed by atoms with E-state index in [0.717, 1.165) is 50.7 Å². The van der Waals surface area contributed by atoms with Crippen molar-refractivity contribution in [2.75, 3.05) is 0 Å². The van der Waals surface area contributed by atoms with Crippen LogP contribution in [0.15, 0.2) is 58.2 Å². The molecule has 2 aliphatic rings. The number of alkyl halides is 3. The molecule has 35 heavy (non-hydrogen) atoms. The summed E-state index contributed by atoms with van der Waals surface area (Å²) in [5.74, 6) is 1.21. The molecule has 1 amide bonds. The molecule has 2 aliphatic carbocycles. The first kappa shape index (κ1) is 23.5. The molecular weight excluding hydrogens is 457 g/mol. The summed E-state index contributed by atoms with van der Waals surface area (Å²) >= 11 is 0. The molecule has 0 radical (unpaired) electrons. The predicted molar refractivity (Wildman–Crippen MR) is 127 cm³/mol. The van der Waals surface area contributed by atoms with Crippen molar-refractivity contribution in [2.24, 2.45) is 11.8 Å². The van der Waals surface area contributed by atoms with E-state index < -0.39 is 11.7 Å². The molecule has 2 aromatic heterocycles. The van der Waals surface area contributed by atoms with E-state index in [9.17, 15) is 22.8 Å². The molecule has 0 saturated heterocycles. The van der Waals surface area contributed by atoms with E-state index in [1.807, 2.05) is 6.08 Å². The zero-order chi connectivity index (χ0) is 24.6. The molecule has 1 N–H and O–H groups in total. The van der Waals surface area contributed by atoms with E-state index in [-0.39, 0.29) is 29.8 Å². The Bertz CT molecular complexity index is 1310. The standard InChI is InChI=1S/C27H27F3N2O3/c28-27(29,30)22-8-7-19-13-32(14-21(19)11-22)15-24-12-25(33)20(16-35-24)4-1-17-2-9-23(10-3-17)31-26(34)18-5-6-18/h1,4,7-8,11-14,16-18,23H,2-3,5-6,9-10,15H2,(H,31,34)/b4-1+. The summed E-state index contributed by atoms with van der Waals surface area (Å²) < 4.78 is 46.2. The topological polar surface area (TPSA) is 64.2 Å². The highest BCUT2D eigenvalue weighted by Crippen LogP contribution is 2.32. The average Bonchev–Trinajstić information content (AvgIpc) is 3.59. The Balaban J connectivity index is 1.18. The molecule has 0 aliphatic heterocycles. The van der Waals surface area contributed by atoms with Gasteiger partial charge in [0, 0.05) is 30.4 Å². The normalized spacial score (nSPS) is 21.0. The fraction of sp³-hybridized carbons (Fsp3) is 0.407. The van der Waals surface area contributed by atoms with Gasteiger partial charge in [0.1, 0.15) is 12.0 Å². The highest BCUT2D eigenvalue weighted by atomic mass is 19.4. The van der Waals surface area contributed by atoms with E-state index >= 15 is 0 Å². The lowest BCUT2D eigenvalue weighted by molar-refractivity contribution is -0.137. The zero-order valence-electron chi connectivity index (χ0n) is 19.2. The monoisotopic (exact) mass is 484 g/mol. The number of carbonyl (C=O) groups excluding carboxylic acids is 1. The molecule has 2 saturated carbocycles. The molecule has 5 nitrogen and oxygen atoms in total. The molecule has 3 aromatic rings. The summed E-state index contributed by atoms with van der Waals surface area (Å²) in [5, 5.41) is 4.31. The fourth-order valence-corrected chi connectivity index (χ4v) is 4.67. The van der Waals surface area contributed by atoms with Crippen LogP contribution in [-0.4, -0.2) is 16.5 Å². The number of rotatable bonds is 6. The van der Waals surface area contributed by atoms with Gasteiger partial charge in [0.05, 0.1) is 17.7 Å². The number of carbonyl (C=O) groups is 1. The summed E-state index contributed by atoms with van der Waals surface area (Å²) in [6.07, 6.45) is 10.1. The summed E-state index contributed by atoms with van der Waals surface area (Å²) in [6.45, 7) is 0.242. The highest BCUT2D eigenvalue weighted by Gasteiger charge is 2.32. The molecule has 5 rings (SSSR count). The van der Waals surface area contributed by atoms with Gasteiger partial charge in [-0.1, -0.05) is 18.2 Å². The third-order valence-corrected chi connectivity index (χ3v) is 6.89. The second kappa shape index (κ2) is 9.40. The van der Waals surface area contributed by atoms with Crippen LogP contribution in [-0.2, 0) is 17.5 Å². The molecule has 0 atom stereocenters. The average molecular weight is 485 g/mol. The van der Waals surface area contributed by atoms with Crippen LogP contribution in [0.3, 0.4) is 0 Å². The van der Waals surface area contributed by atoms with Crippen LogP contribution in [0.2, 0.25) is 0 Å². The van der Waals surface area contributed by atoms with E-state index in [2.05, 4.69) is 5.32 Å². The van der Waals surface area contributed by atoms with Gasteiger partial charge in [-0.15, -0.1) is 0 Å². The molecule has 2 heterocycles. The van der Waals surface area contributed by atoms with Crippen LogP contribution in [0.5, 0.6) is 0 Å². The van der Waals surface area contributed by atoms with Crippen molar-refractivity contribution >= 4 is 22.8 Å². The van der Waals surface area contributed by atoms with Crippen LogP contribution >= 0.6 is 0 Å². The third-order valence-electron chi connectivity index (χ3n) is 6.89. The largest absolute Gasteiger partial charge is 0.467 e. The SMILES string of the molecule is O=C(NC1CCC(/C=C/c2coc(Cn3cc4ccc(C(F)(F)F)cc4c3)cc2=O)CC1)C1CC1. The van der Waals surface area contributed by atoms with E-state index in [0.29, 0.717) is 28.0 Å². The number of hydrogen-bond acceptors (Lipinski definition) is 3. The Hall–Kier alpha value is -3.29. The predicted octanol–water partition coefficient (Wildman–Crippen LogP) is 5.76. The highest BCUT2D eigenvalue weighted by molar-refractivity contribution is 5.83. The number of nitrogens with zero attached hydrogens (tertiary/aromatic N) is 1. The number of benzene rings is 1. The van der Waals surface area contributed by atoms with Gasteiger partial charge in [-0.05, 0) is 67.3 Å². The first-order chi connectivity index (χ1) is 16.7. The van der Waals surface area contributed by atoms with Gasteiger partial charge in [0.2, 0.25) is 5.91 Å². The summed E-state index contributed by atoms with van der Waals surface area (Å²) in [6, 6.07) is 5.29. The van der Waals surface area contributed by atoms with Crippen molar-refractivity contribution in [3.05, 3.63) is 76.1 Å². The molecule has 184 valence electrons. The summed E-state index contributed by atoms with van der Waals surface area (Å²) in [4.78, 5) is 24.5. The number of amides is 1. The first-order valence-electron chi connectivity index (χ1n) is 12.0. The Morgan fingerprint density at radius 1 is 1.06 bits per heavy atom. The third kappa shape index (κ3) is 5.69. The maximum absolute atomic E-state index is 12.9. The Morgan fingerprint density at radius 2 is 1.80 bits per heavy atom. The lowest BCUT2D eigenvalue weighted by atomic mass is 9.85. The second-order valence-corrected chi connectivity index (χ2v) is 9.69. The molecular formula is C27H27F3N2O3. The molecule has 0 spiro atoms. The maximum Gasteiger partial charge on any atom is 0.416 e. The van der Waals surface area contributed by atoms with Crippen LogP contribution in [0.25, 0.3) is 16.8 Å². The van der Waals surface area contributed by atoms with Crippen LogP contribution < -0.4 is 10.7 Å². The number of allylic oxidation sites excluding steroid dienone is 1. The van der Waals surface area contributed by atoms with Crippen molar-refractivity contribution in [2.45, 2.75) is 57.3 Å². The van der Waals surface area contributed by atoms with Gasteiger partial charge < -0.3 is 14.3 Å². The van der Waals surface area contributed by atoms with Gasteiger partial charge in [0.25, 0.3) is 0 Å². The second-order valence-electron chi connectivity index (χ2n) is 9.69. The molecule has 2 fully saturated rings. The van der Waals surface area contributed by atoms with E-state index in [4.69, 9.17) is 4.42 Å². The fourth-order valence-electron chi connectivity index (χ4n) is 4.67. The molecule has 8 heteroatoms. The van der Waals surface area contributed by atoms with Crippen LogP contribution in [0.4, 0.5) is 13.2 Å². The quantitative estimate of drug-likeness (QED) is 0.484. The number of halogens is 3. The Kier molecular flexibility index (Phi) is 6.30. The molecule has 1 aromatic carbocycles. The lowest BCUT2D eigenvalue weighted by Crippen LogP contribution is -2.38. The Morgan fingerprint density at radius 3 is 2.49 bits per heavy atom. The minimum atomic E-state index is -4.39. The molecule has 0 unspecified atom stereocenters. The lowest BCUT2D eigenvalue weighted by Gasteiger charge is -2.27. The smallest absolute Gasteiger partial charge is 0.416 e. The zero-order valence-corrected chi connectivity index (χ0v) is 19.2. The van der Waals surface area contributed by atoms with Crippen molar-refractivity contribution in [3.8, 4) is 0 Å². The molecule has 0 bridgehead atoms. The maximum atomic E-state index is 12.9. The van der Waals surface area contributed by atoms with Crippen molar-refractivity contribution < 1.29 is 22.4 Å². The van der Waals surface area contributed by atoms with E-state index in [1.54, 1.807) is 23.0 Å². The first-order valence-corrected chi connectivity index (χ1v) is 12.0. The van der Waals surface area contributed by atoms with Gasteiger partial charge in [-0.25, -0.2) is 0 Å². The van der Waals surface area contributed by atoms with Crippen LogP contribution in [0.1, 0.15) is 55.4 Å². The summed E-state index contributed by atoms with van der Waals surface area (Å²) in [5.41, 5.74) is -0.392. The number of fused-ring (bicyclic) bond motifs is 1. The number of aromatic nitrogens is 1. The van der Waals surface area contributed by atoms with Crippen molar-refractivity contribution in [1.82, 2.24) is 9.88 Å².